The third-order valence-corrected chi connectivity index (χ3v) is 3.13. The van der Waals surface area contributed by atoms with Crippen LogP contribution in [0.25, 0.3) is 0 Å². The van der Waals surface area contributed by atoms with E-state index in [1.165, 1.54) is 0 Å². The molecule has 0 heterocycles. The lowest BCUT2D eigenvalue weighted by Gasteiger charge is -2.22. The third kappa shape index (κ3) is 3.60. The predicted molar refractivity (Wildman–Crippen MR) is 83.6 cm³/mol. The second-order valence-corrected chi connectivity index (χ2v) is 4.80. The number of nitrogens with zero attached hydrogens (tertiary/aromatic N) is 1. The number of carbonyl (C=O) groups is 1. The van der Waals surface area contributed by atoms with Crippen molar-refractivity contribution in [2.45, 2.75) is 19.8 Å². The summed E-state index contributed by atoms with van der Waals surface area (Å²) in [7, 11) is 0. The van der Waals surface area contributed by atoms with Crippen LogP contribution in [-0.2, 0) is 11.2 Å². The van der Waals surface area contributed by atoms with Crippen LogP contribution in [0, 0.1) is 0 Å². The van der Waals surface area contributed by atoms with Crippen LogP contribution in [0.3, 0.4) is 0 Å². The molecule has 2 aromatic rings. The molecule has 2 aromatic carbocycles. The van der Waals surface area contributed by atoms with E-state index in [1.807, 2.05) is 59.5 Å². The Labute approximate surface area is 120 Å². The molecule has 3 heteroatoms. The molecular formula is C17H20N2O. The summed E-state index contributed by atoms with van der Waals surface area (Å²) < 4.78 is 0. The fraction of sp³-hybridized carbons (Fsp3) is 0.235. The van der Waals surface area contributed by atoms with Crippen molar-refractivity contribution in [2.24, 2.45) is 0 Å². The minimum atomic E-state index is 0.101. The number of amides is 1. The molecule has 3 nitrogen and oxygen atoms in total. The number of anilines is 2. The summed E-state index contributed by atoms with van der Waals surface area (Å²) in [6, 6.07) is 17.3. The molecule has 2 rings (SSSR count). The summed E-state index contributed by atoms with van der Waals surface area (Å²) in [6.07, 6.45) is 1.32. The largest absolute Gasteiger partial charge is 0.399 e. The Hall–Kier alpha value is -2.29. The highest BCUT2D eigenvalue weighted by Crippen LogP contribution is 2.19. The van der Waals surface area contributed by atoms with Crippen molar-refractivity contribution >= 4 is 17.3 Å². The van der Waals surface area contributed by atoms with Crippen LogP contribution in [-0.4, -0.2) is 12.5 Å². The van der Waals surface area contributed by atoms with Crippen molar-refractivity contribution in [3.63, 3.8) is 0 Å². The van der Waals surface area contributed by atoms with Gasteiger partial charge in [0.05, 0.1) is 6.42 Å². The zero-order valence-corrected chi connectivity index (χ0v) is 11.8. The zero-order chi connectivity index (χ0) is 14.4. The second-order valence-electron chi connectivity index (χ2n) is 4.80. The number of nitrogens with two attached hydrogens (primary N) is 1. The highest BCUT2D eigenvalue weighted by Gasteiger charge is 2.15. The summed E-state index contributed by atoms with van der Waals surface area (Å²) in [5, 5.41) is 0. The summed E-state index contributed by atoms with van der Waals surface area (Å²) in [4.78, 5) is 14.3. The SMILES string of the molecule is CCCN(C(=O)Cc1ccccc1)c1cccc(N)c1. The molecule has 0 atom stereocenters. The summed E-state index contributed by atoms with van der Waals surface area (Å²) in [5.74, 6) is 0.101. The van der Waals surface area contributed by atoms with Gasteiger partial charge in [0.1, 0.15) is 0 Å². The van der Waals surface area contributed by atoms with Crippen LogP contribution >= 0.6 is 0 Å². The van der Waals surface area contributed by atoms with Gasteiger partial charge in [-0.1, -0.05) is 43.3 Å². The van der Waals surface area contributed by atoms with E-state index in [9.17, 15) is 4.79 Å². The normalized spacial score (nSPS) is 10.2. The van der Waals surface area contributed by atoms with Crippen molar-refractivity contribution < 1.29 is 4.79 Å². The average molecular weight is 268 g/mol. The molecule has 20 heavy (non-hydrogen) atoms. The maximum atomic E-state index is 12.5. The highest BCUT2D eigenvalue weighted by molar-refractivity contribution is 5.95. The Balaban J connectivity index is 2.18. The number of nitrogen functional groups attached to an aromatic ring is 1. The summed E-state index contributed by atoms with van der Waals surface area (Å²) in [6.45, 7) is 2.77. The van der Waals surface area contributed by atoms with E-state index in [2.05, 4.69) is 6.92 Å². The molecule has 2 N–H and O–H groups in total. The van der Waals surface area contributed by atoms with Crippen LogP contribution < -0.4 is 10.6 Å². The minimum absolute atomic E-state index is 0.101. The van der Waals surface area contributed by atoms with E-state index in [1.54, 1.807) is 0 Å². The number of carbonyl (C=O) groups excluding carboxylic acids is 1. The Morgan fingerprint density at radius 3 is 2.50 bits per heavy atom. The third-order valence-electron chi connectivity index (χ3n) is 3.13. The van der Waals surface area contributed by atoms with E-state index in [-0.39, 0.29) is 5.91 Å². The van der Waals surface area contributed by atoms with Gasteiger partial charge in [0.2, 0.25) is 5.91 Å². The zero-order valence-electron chi connectivity index (χ0n) is 11.8. The maximum absolute atomic E-state index is 12.5. The Morgan fingerprint density at radius 2 is 1.85 bits per heavy atom. The van der Waals surface area contributed by atoms with Gasteiger partial charge in [0.25, 0.3) is 0 Å². The Kier molecular flexibility index (Phi) is 4.77. The van der Waals surface area contributed by atoms with Crippen LogP contribution in [0.1, 0.15) is 18.9 Å². The number of hydrogen-bond acceptors (Lipinski definition) is 2. The van der Waals surface area contributed by atoms with E-state index in [4.69, 9.17) is 5.73 Å². The number of benzene rings is 2. The first kappa shape index (κ1) is 14.1. The first-order chi connectivity index (χ1) is 9.70. The molecule has 0 bridgehead atoms. The molecule has 0 saturated carbocycles. The van der Waals surface area contributed by atoms with Crippen molar-refractivity contribution in [1.82, 2.24) is 0 Å². The van der Waals surface area contributed by atoms with Gasteiger partial charge in [0.15, 0.2) is 0 Å². The topological polar surface area (TPSA) is 46.3 Å². The fourth-order valence-corrected chi connectivity index (χ4v) is 2.18. The van der Waals surface area contributed by atoms with Crippen molar-refractivity contribution in [2.75, 3.05) is 17.2 Å². The molecule has 0 radical (unpaired) electrons. The van der Waals surface area contributed by atoms with Gasteiger partial charge >= 0.3 is 0 Å². The summed E-state index contributed by atoms with van der Waals surface area (Å²) in [5.41, 5.74) is 8.38. The molecule has 0 unspecified atom stereocenters. The van der Waals surface area contributed by atoms with Gasteiger partial charge in [-0.05, 0) is 30.2 Å². The van der Waals surface area contributed by atoms with Gasteiger partial charge in [-0.15, -0.1) is 0 Å². The molecule has 1 amide bonds. The van der Waals surface area contributed by atoms with Crippen LogP contribution in [0.15, 0.2) is 54.6 Å². The van der Waals surface area contributed by atoms with Crippen LogP contribution in [0.4, 0.5) is 11.4 Å². The maximum Gasteiger partial charge on any atom is 0.231 e. The molecule has 0 aliphatic carbocycles. The Bertz CT molecular complexity index is 566. The van der Waals surface area contributed by atoms with Crippen molar-refractivity contribution in [1.29, 1.82) is 0 Å². The van der Waals surface area contributed by atoms with Gasteiger partial charge in [-0.3, -0.25) is 4.79 Å². The standard InChI is InChI=1S/C17H20N2O/c1-2-11-19(16-10-6-9-15(18)13-16)17(20)12-14-7-4-3-5-8-14/h3-10,13H,2,11-12,18H2,1H3. The first-order valence-corrected chi connectivity index (χ1v) is 6.90. The van der Waals surface area contributed by atoms with E-state index >= 15 is 0 Å². The lowest BCUT2D eigenvalue weighted by molar-refractivity contribution is -0.118. The lowest BCUT2D eigenvalue weighted by Crippen LogP contribution is -2.33. The lowest BCUT2D eigenvalue weighted by atomic mass is 10.1. The average Bonchev–Trinajstić information content (AvgIpc) is 2.45. The predicted octanol–water partition coefficient (Wildman–Crippen LogP) is 3.25. The van der Waals surface area contributed by atoms with Gasteiger partial charge < -0.3 is 10.6 Å². The molecule has 0 fully saturated rings. The van der Waals surface area contributed by atoms with Gasteiger partial charge in [-0.2, -0.15) is 0 Å². The highest BCUT2D eigenvalue weighted by atomic mass is 16.2. The smallest absolute Gasteiger partial charge is 0.231 e. The molecule has 0 spiro atoms. The first-order valence-electron chi connectivity index (χ1n) is 6.90. The minimum Gasteiger partial charge on any atom is -0.399 e. The van der Waals surface area contributed by atoms with E-state index < -0.39 is 0 Å². The second kappa shape index (κ2) is 6.75. The van der Waals surface area contributed by atoms with Crippen LogP contribution in [0.2, 0.25) is 0 Å². The number of hydrogen-bond donors (Lipinski definition) is 1. The van der Waals surface area contributed by atoms with Crippen molar-refractivity contribution in [3.05, 3.63) is 60.2 Å². The monoisotopic (exact) mass is 268 g/mol. The van der Waals surface area contributed by atoms with E-state index in [0.29, 0.717) is 18.7 Å². The van der Waals surface area contributed by atoms with Crippen LogP contribution in [0.5, 0.6) is 0 Å². The molecule has 0 aromatic heterocycles. The fourth-order valence-electron chi connectivity index (χ4n) is 2.18. The molecule has 0 aliphatic rings. The van der Waals surface area contributed by atoms with Crippen molar-refractivity contribution in [3.8, 4) is 0 Å². The quantitative estimate of drug-likeness (QED) is 0.846. The van der Waals surface area contributed by atoms with Gasteiger partial charge in [0, 0.05) is 17.9 Å². The number of rotatable bonds is 5. The van der Waals surface area contributed by atoms with E-state index in [0.717, 1.165) is 17.7 Å². The molecule has 0 aliphatic heterocycles. The molecule has 0 saturated heterocycles. The van der Waals surface area contributed by atoms with Gasteiger partial charge in [-0.25, -0.2) is 0 Å². The Morgan fingerprint density at radius 1 is 1.10 bits per heavy atom. The summed E-state index contributed by atoms with van der Waals surface area (Å²) >= 11 is 0. The molecular weight excluding hydrogens is 248 g/mol. The molecule has 104 valence electrons.